The summed E-state index contributed by atoms with van der Waals surface area (Å²) in [6.07, 6.45) is 1.37. The largest absolute Gasteiger partial charge is 0.293 e. The first kappa shape index (κ1) is 20.9. The number of fused-ring (bicyclic) bond motifs is 1. The van der Waals surface area contributed by atoms with Gasteiger partial charge in [-0.3, -0.25) is 19.3 Å². The third-order valence-electron chi connectivity index (χ3n) is 4.04. The highest BCUT2D eigenvalue weighted by Crippen LogP contribution is 2.22. The Morgan fingerprint density at radius 2 is 1.83 bits per heavy atom. The number of Topliss-reactive ketones (excluding diaryl/α,β-unsaturated/α-hetero) is 1. The Labute approximate surface area is 171 Å². The van der Waals surface area contributed by atoms with E-state index in [1.54, 1.807) is 12.1 Å². The van der Waals surface area contributed by atoms with Gasteiger partial charge in [0.1, 0.15) is 6.67 Å². The summed E-state index contributed by atoms with van der Waals surface area (Å²) in [5.41, 5.74) is 1.54. The van der Waals surface area contributed by atoms with E-state index < -0.39 is 16.7 Å². The molecule has 6 nitrogen and oxygen atoms in total. The van der Waals surface area contributed by atoms with Crippen LogP contribution in [0.4, 0.5) is 10.1 Å². The summed E-state index contributed by atoms with van der Waals surface area (Å²) in [6, 6.07) is 12.0. The molecule has 0 aliphatic rings. The molecule has 0 radical (unpaired) electrons. The van der Waals surface area contributed by atoms with Gasteiger partial charge < -0.3 is 0 Å². The molecule has 1 aromatic heterocycles. The normalized spacial score (nSPS) is 11.4. The van der Waals surface area contributed by atoms with E-state index in [1.807, 2.05) is 0 Å². The number of rotatable bonds is 7. The average Bonchev–Trinajstić information content (AvgIpc) is 2.71. The zero-order chi connectivity index (χ0) is 21.0. The molecule has 0 fully saturated rings. The van der Waals surface area contributed by atoms with E-state index in [0.717, 1.165) is 11.8 Å². The molecule has 9 heteroatoms. The summed E-state index contributed by atoms with van der Waals surface area (Å²) < 4.78 is 40.5. The number of anilines is 1. The Morgan fingerprint density at radius 3 is 2.48 bits per heavy atom. The number of hydrogen-bond acceptors (Lipinski definition) is 6. The molecule has 1 heterocycles. The van der Waals surface area contributed by atoms with Crippen molar-refractivity contribution >= 4 is 49.3 Å². The molecule has 1 N–H and O–H groups in total. The molecule has 0 amide bonds. The van der Waals surface area contributed by atoms with Gasteiger partial charge in [0.05, 0.1) is 16.2 Å². The van der Waals surface area contributed by atoms with Crippen molar-refractivity contribution < 1.29 is 22.4 Å². The van der Waals surface area contributed by atoms with Gasteiger partial charge >= 0.3 is 0 Å². The number of alkyl halides is 1. The van der Waals surface area contributed by atoms with E-state index >= 15 is 0 Å². The van der Waals surface area contributed by atoms with Crippen LogP contribution in [0, 0.1) is 0 Å². The Kier molecular flexibility index (Phi) is 6.29. The number of nitrogens with one attached hydrogen (secondary N) is 1. The maximum atomic E-state index is 12.7. The lowest BCUT2D eigenvalue weighted by Crippen LogP contribution is -2.13. The van der Waals surface area contributed by atoms with E-state index in [2.05, 4.69) is 9.71 Å². The fourth-order valence-electron chi connectivity index (χ4n) is 2.58. The van der Waals surface area contributed by atoms with E-state index in [1.165, 1.54) is 49.5 Å². The number of halogens is 1. The number of sulfonamides is 1. The zero-order valence-electron chi connectivity index (χ0n) is 15.4. The van der Waals surface area contributed by atoms with Crippen LogP contribution in [0.5, 0.6) is 0 Å². The summed E-state index contributed by atoms with van der Waals surface area (Å²) in [4.78, 5) is 27.1. The maximum absolute atomic E-state index is 12.7. The zero-order valence-corrected chi connectivity index (χ0v) is 17.0. The van der Waals surface area contributed by atoms with Gasteiger partial charge in [-0.1, -0.05) is 17.8 Å². The van der Waals surface area contributed by atoms with Crippen LogP contribution in [0.2, 0.25) is 0 Å². The van der Waals surface area contributed by atoms with Gasteiger partial charge in [0.2, 0.25) is 0 Å². The second-order valence-electron chi connectivity index (χ2n) is 6.22. The van der Waals surface area contributed by atoms with Crippen LogP contribution < -0.4 is 4.72 Å². The van der Waals surface area contributed by atoms with Gasteiger partial charge in [-0.2, -0.15) is 0 Å². The predicted octanol–water partition coefficient (Wildman–Crippen LogP) is 3.97. The van der Waals surface area contributed by atoms with Crippen molar-refractivity contribution in [2.45, 2.75) is 18.5 Å². The van der Waals surface area contributed by atoms with Crippen molar-refractivity contribution in [2.24, 2.45) is 0 Å². The van der Waals surface area contributed by atoms with Crippen LogP contribution in [0.15, 0.2) is 59.6 Å². The van der Waals surface area contributed by atoms with Crippen molar-refractivity contribution in [2.75, 3.05) is 10.5 Å². The number of benzene rings is 2. The lowest BCUT2D eigenvalue weighted by molar-refractivity contribution is -0.109. The Balaban J connectivity index is 1.77. The fraction of sp³-hybridized carbons (Fsp3) is 0.150. The third-order valence-corrected chi connectivity index (χ3v) is 6.23. The number of ketones is 1. The SMILES string of the molecule is CC(=O)SCC(=O)c1ccc(NS(=O)(=O)c2ccc3cc(CF)cnc3c2)cc1. The number of carbonyl (C=O) groups excluding carboxylic acids is 2. The minimum absolute atomic E-state index is 0.0171. The minimum Gasteiger partial charge on any atom is -0.293 e. The molecule has 0 spiro atoms. The van der Waals surface area contributed by atoms with Crippen molar-refractivity contribution in [1.29, 1.82) is 0 Å². The fourth-order valence-corrected chi connectivity index (χ4v) is 4.16. The molecular formula is C20H17FN2O4S2. The summed E-state index contributed by atoms with van der Waals surface area (Å²) in [5.74, 6) is -0.179. The topological polar surface area (TPSA) is 93.2 Å². The van der Waals surface area contributed by atoms with E-state index in [-0.39, 0.29) is 21.5 Å². The van der Waals surface area contributed by atoms with Crippen LogP contribution in [0.25, 0.3) is 10.9 Å². The molecule has 0 saturated carbocycles. The molecule has 0 aliphatic heterocycles. The highest BCUT2D eigenvalue weighted by atomic mass is 32.2. The standard InChI is InChI=1S/C20H17FN2O4S2/c1-13(24)28-12-20(25)15-2-5-17(6-3-15)23-29(26,27)18-7-4-16-8-14(10-21)11-22-19(16)9-18/h2-9,11,23H,10,12H2,1H3. The Bertz CT molecular complexity index is 1180. The number of aromatic nitrogens is 1. The van der Waals surface area contributed by atoms with Crippen LogP contribution in [0.1, 0.15) is 22.8 Å². The number of pyridine rings is 1. The maximum Gasteiger partial charge on any atom is 0.261 e. The van der Waals surface area contributed by atoms with Gasteiger partial charge in [-0.05, 0) is 42.5 Å². The lowest BCUT2D eigenvalue weighted by atomic mass is 10.1. The average molecular weight is 432 g/mol. The second-order valence-corrected chi connectivity index (χ2v) is 9.05. The highest BCUT2D eigenvalue weighted by Gasteiger charge is 2.16. The van der Waals surface area contributed by atoms with Gasteiger partial charge in [0.15, 0.2) is 10.9 Å². The molecule has 29 heavy (non-hydrogen) atoms. The Morgan fingerprint density at radius 1 is 1.10 bits per heavy atom. The molecule has 0 unspecified atom stereocenters. The number of hydrogen-bond donors (Lipinski definition) is 1. The first-order chi connectivity index (χ1) is 13.8. The van der Waals surface area contributed by atoms with E-state index in [0.29, 0.717) is 27.7 Å². The summed E-state index contributed by atoms with van der Waals surface area (Å²) in [6.45, 7) is 0.745. The second kappa shape index (κ2) is 8.71. The molecule has 3 rings (SSSR count). The van der Waals surface area contributed by atoms with Gasteiger partial charge in [-0.25, -0.2) is 12.8 Å². The molecule has 2 aromatic carbocycles. The highest BCUT2D eigenvalue weighted by molar-refractivity contribution is 8.14. The molecule has 3 aromatic rings. The summed E-state index contributed by atoms with van der Waals surface area (Å²) >= 11 is 0.922. The predicted molar refractivity (Wildman–Crippen MR) is 111 cm³/mol. The number of thioether (sulfide) groups is 1. The van der Waals surface area contributed by atoms with Crippen molar-refractivity contribution in [1.82, 2.24) is 4.98 Å². The third kappa shape index (κ3) is 5.18. The first-order valence-electron chi connectivity index (χ1n) is 8.52. The molecule has 0 saturated heterocycles. The minimum atomic E-state index is -3.87. The molecule has 0 bridgehead atoms. The van der Waals surface area contributed by atoms with Crippen LogP contribution in [-0.4, -0.2) is 30.1 Å². The van der Waals surface area contributed by atoms with Crippen LogP contribution in [-0.2, 0) is 21.5 Å². The van der Waals surface area contributed by atoms with Crippen LogP contribution in [0.3, 0.4) is 0 Å². The quantitative estimate of drug-likeness (QED) is 0.568. The van der Waals surface area contributed by atoms with Crippen molar-refractivity contribution in [3.63, 3.8) is 0 Å². The number of carbonyl (C=O) groups is 2. The van der Waals surface area contributed by atoms with Crippen LogP contribution >= 0.6 is 11.8 Å². The monoisotopic (exact) mass is 432 g/mol. The van der Waals surface area contributed by atoms with Crippen molar-refractivity contribution in [3.05, 3.63) is 65.9 Å². The van der Waals surface area contributed by atoms with Gasteiger partial charge in [0.25, 0.3) is 10.0 Å². The molecule has 0 aliphatic carbocycles. The summed E-state index contributed by atoms with van der Waals surface area (Å²) in [7, 11) is -3.87. The van der Waals surface area contributed by atoms with E-state index in [4.69, 9.17) is 0 Å². The molecule has 0 atom stereocenters. The number of nitrogens with zero attached hydrogens (tertiary/aromatic N) is 1. The Hall–Kier alpha value is -2.78. The van der Waals surface area contributed by atoms with E-state index in [9.17, 15) is 22.4 Å². The van der Waals surface area contributed by atoms with Crippen molar-refractivity contribution in [3.8, 4) is 0 Å². The lowest BCUT2D eigenvalue weighted by Gasteiger charge is -2.10. The molecule has 150 valence electrons. The molecular weight excluding hydrogens is 415 g/mol. The van der Waals surface area contributed by atoms with Gasteiger partial charge in [-0.15, -0.1) is 0 Å². The smallest absolute Gasteiger partial charge is 0.261 e. The first-order valence-corrected chi connectivity index (χ1v) is 11.0. The van der Waals surface area contributed by atoms with Gasteiger partial charge in [0, 0.05) is 35.3 Å². The summed E-state index contributed by atoms with van der Waals surface area (Å²) in [5, 5.41) is 0.499.